The van der Waals surface area contributed by atoms with Crippen molar-refractivity contribution in [1.29, 1.82) is 0 Å². The van der Waals surface area contributed by atoms with E-state index in [0.29, 0.717) is 10.9 Å². The molecule has 6 heteroatoms. The average Bonchev–Trinajstić information content (AvgIpc) is 2.59. The molecule has 1 heterocycles. The van der Waals surface area contributed by atoms with E-state index in [-0.39, 0.29) is 24.4 Å². The maximum atomic E-state index is 12.3. The molecule has 3 aromatic rings. The lowest BCUT2D eigenvalue weighted by molar-refractivity contribution is -0.116. The minimum Gasteiger partial charge on any atom is -0.326 e. The second-order valence-corrected chi connectivity index (χ2v) is 5.68. The van der Waals surface area contributed by atoms with Gasteiger partial charge in [-0.1, -0.05) is 29.5 Å². The third-order valence-electron chi connectivity index (χ3n) is 4.06. The van der Waals surface area contributed by atoms with Crippen molar-refractivity contribution in [2.45, 2.75) is 26.8 Å². The number of hydrogen-bond acceptors (Lipinski definition) is 4. The van der Waals surface area contributed by atoms with Gasteiger partial charge >= 0.3 is 0 Å². The Balaban J connectivity index is 1.72. The van der Waals surface area contributed by atoms with E-state index in [4.69, 9.17) is 0 Å². The number of carbonyl (C=O) groups excluding carboxylic acids is 1. The largest absolute Gasteiger partial charge is 0.326 e. The number of benzene rings is 2. The fraction of sp³-hybridized carbons (Fsp3) is 0.222. The Bertz CT molecular complexity index is 963. The molecule has 1 amide bonds. The number of anilines is 1. The highest BCUT2D eigenvalue weighted by atomic mass is 16.2. The summed E-state index contributed by atoms with van der Waals surface area (Å²) in [6, 6.07) is 12.8. The number of rotatable bonds is 4. The van der Waals surface area contributed by atoms with E-state index in [1.54, 1.807) is 24.3 Å². The first kappa shape index (κ1) is 15.9. The van der Waals surface area contributed by atoms with Crippen LogP contribution in [0.1, 0.15) is 17.5 Å². The standard InChI is InChI=1S/C18H18N4O2/c1-12-6-5-9-15(13(12)2)19-17(23)10-11-22-18(24)14-7-3-4-8-16(14)20-21-22/h3-9H,10-11H2,1-2H3,(H,19,23). The Morgan fingerprint density at radius 3 is 2.75 bits per heavy atom. The summed E-state index contributed by atoms with van der Waals surface area (Å²) >= 11 is 0. The van der Waals surface area contributed by atoms with Gasteiger partial charge in [-0.25, -0.2) is 4.68 Å². The molecule has 0 saturated heterocycles. The Hall–Kier alpha value is -3.02. The first-order valence-electron chi connectivity index (χ1n) is 7.75. The number of carbonyl (C=O) groups is 1. The third kappa shape index (κ3) is 3.17. The van der Waals surface area contributed by atoms with Crippen LogP contribution in [-0.4, -0.2) is 20.9 Å². The van der Waals surface area contributed by atoms with Gasteiger partial charge in [-0.3, -0.25) is 9.59 Å². The van der Waals surface area contributed by atoms with Crippen LogP contribution in [0.3, 0.4) is 0 Å². The van der Waals surface area contributed by atoms with Crippen LogP contribution in [0.5, 0.6) is 0 Å². The highest BCUT2D eigenvalue weighted by Crippen LogP contribution is 2.18. The van der Waals surface area contributed by atoms with Crippen molar-refractivity contribution in [3.63, 3.8) is 0 Å². The van der Waals surface area contributed by atoms with Gasteiger partial charge in [0.15, 0.2) is 0 Å². The molecule has 0 atom stereocenters. The molecular weight excluding hydrogens is 304 g/mol. The minimum atomic E-state index is -0.236. The lowest BCUT2D eigenvalue weighted by atomic mass is 10.1. The van der Waals surface area contributed by atoms with E-state index in [9.17, 15) is 9.59 Å². The topological polar surface area (TPSA) is 76.9 Å². The highest BCUT2D eigenvalue weighted by molar-refractivity contribution is 5.91. The van der Waals surface area contributed by atoms with Crippen LogP contribution >= 0.6 is 0 Å². The normalized spacial score (nSPS) is 10.8. The SMILES string of the molecule is Cc1cccc(NC(=O)CCn2nnc3ccccc3c2=O)c1C. The average molecular weight is 322 g/mol. The van der Waals surface area contributed by atoms with Crippen molar-refractivity contribution >= 4 is 22.5 Å². The summed E-state index contributed by atoms with van der Waals surface area (Å²) in [5.41, 5.74) is 3.26. The molecule has 0 aliphatic rings. The van der Waals surface area contributed by atoms with Crippen molar-refractivity contribution in [3.05, 3.63) is 63.9 Å². The zero-order chi connectivity index (χ0) is 17.1. The molecule has 122 valence electrons. The van der Waals surface area contributed by atoms with E-state index < -0.39 is 0 Å². The molecule has 0 bridgehead atoms. The summed E-state index contributed by atoms with van der Waals surface area (Å²) in [7, 11) is 0. The first-order valence-corrected chi connectivity index (χ1v) is 7.75. The van der Waals surface area contributed by atoms with Gasteiger partial charge in [0, 0.05) is 12.1 Å². The second-order valence-electron chi connectivity index (χ2n) is 5.68. The van der Waals surface area contributed by atoms with Gasteiger partial charge < -0.3 is 5.32 Å². The quantitative estimate of drug-likeness (QED) is 0.800. The van der Waals surface area contributed by atoms with Crippen molar-refractivity contribution in [3.8, 4) is 0 Å². The van der Waals surface area contributed by atoms with Crippen molar-refractivity contribution in [2.24, 2.45) is 0 Å². The van der Waals surface area contributed by atoms with E-state index in [2.05, 4.69) is 15.6 Å². The molecule has 2 aromatic carbocycles. The van der Waals surface area contributed by atoms with Gasteiger partial charge in [-0.2, -0.15) is 0 Å². The minimum absolute atomic E-state index is 0.153. The molecule has 0 aliphatic carbocycles. The number of hydrogen-bond donors (Lipinski definition) is 1. The van der Waals surface area contributed by atoms with Crippen LogP contribution in [0.2, 0.25) is 0 Å². The van der Waals surface area contributed by atoms with Gasteiger partial charge in [0.05, 0.1) is 11.9 Å². The second kappa shape index (κ2) is 6.62. The molecule has 1 aromatic heterocycles. The summed E-state index contributed by atoms with van der Waals surface area (Å²) < 4.78 is 1.23. The third-order valence-corrected chi connectivity index (χ3v) is 4.06. The molecule has 3 rings (SSSR count). The zero-order valence-electron chi connectivity index (χ0n) is 13.6. The van der Waals surface area contributed by atoms with Gasteiger partial charge in [0.2, 0.25) is 5.91 Å². The summed E-state index contributed by atoms with van der Waals surface area (Å²) in [6.45, 7) is 4.15. The molecule has 0 saturated carbocycles. The Labute approximate surface area is 139 Å². The Kier molecular flexibility index (Phi) is 4.37. The maximum Gasteiger partial charge on any atom is 0.277 e. The molecular formula is C18H18N4O2. The van der Waals surface area contributed by atoms with Gasteiger partial charge in [-0.15, -0.1) is 5.10 Å². The molecule has 0 unspecified atom stereocenters. The van der Waals surface area contributed by atoms with Crippen molar-refractivity contribution < 1.29 is 4.79 Å². The molecule has 0 spiro atoms. The molecule has 6 nitrogen and oxygen atoms in total. The van der Waals surface area contributed by atoms with Crippen LogP contribution in [0.4, 0.5) is 5.69 Å². The predicted molar refractivity (Wildman–Crippen MR) is 93.0 cm³/mol. The number of aromatic nitrogens is 3. The lowest BCUT2D eigenvalue weighted by Crippen LogP contribution is -2.26. The van der Waals surface area contributed by atoms with Crippen LogP contribution in [0.25, 0.3) is 10.9 Å². The number of nitrogens with zero attached hydrogens (tertiary/aromatic N) is 3. The van der Waals surface area contributed by atoms with Gasteiger partial charge in [-0.05, 0) is 43.2 Å². The van der Waals surface area contributed by atoms with Gasteiger partial charge in [0.25, 0.3) is 5.56 Å². The Morgan fingerprint density at radius 1 is 1.12 bits per heavy atom. The summed E-state index contributed by atoms with van der Waals surface area (Å²) in [6.07, 6.45) is 0.153. The molecule has 24 heavy (non-hydrogen) atoms. The van der Waals surface area contributed by atoms with Crippen LogP contribution in [-0.2, 0) is 11.3 Å². The fourth-order valence-electron chi connectivity index (χ4n) is 2.48. The predicted octanol–water partition coefficient (Wildman–Crippen LogP) is 2.44. The highest BCUT2D eigenvalue weighted by Gasteiger charge is 2.09. The number of nitrogens with one attached hydrogen (secondary N) is 1. The summed E-state index contributed by atoms with van der Waals surface area (Å²) in [5, 5.41) is 11.3. The lowest BCUT2D eigenvalue weighted by Gasteiger charge is -2.10. The van der Waals surface area contributed by atoms with E-state index in [1.165, 1.54) is 4.68 Å². The Morgan fingerprint density at radius 2 is 1.92 bits per heavy atom. The fourth-order valence-corrected chi connectivity index (χ4v) is 2.48. The van der Waals surface area contributed by atoms with E-state index in [0.717, 1.165) is 16.8 Å². The molecule has 1 N–H and O–H groups in total. The van der Waals surface area contributed by atoms with Crippen LogP contribution in [0.15, 0.2) is 47.3 Å². The van der Waals surface area contributed by atoms with E-state index in [1.807, 2.05) is 32.0 Å². The monoisotopic (exact) mass is 322 g/mol. The number of fused-ring (bicyclic) bond motifs is 1. The first-order chi connectivity index (χ1) is 11.6. The molecule has 0 aliphatic heterocycles. The van der Waals surface area contributed by atoms with Gasteiger partial charge in [0.1, 0.15) is 5.52 Å². The molecule has 0 radical (unpaired) electrons. The number of amides is 1. The van der Waals surface area contributed by atoms with Crippen molar-refractivity contribution in [1.82, 2.24) is 15.0 Å². The van der Waals surface area contributed by atoms with Crippen molar-refractivity contribution in [2.75, 3.05) is 5.32 Å². The molecule has 0 fully saturated rings. The maximum absolute atomic E-state index is 12.3. The van der Waals surface area contributed by atoms with Crippen LogP contribution in [0, 0.1) is 13.8 Å². The smallest absolute Gasteiger partial charge is 0.277 e. The van der Waals surface area contributed by atoms with E-state index >= 15 is 0 Å². The zero-order valence-corrected chi connectivity index (χ0v) is 13.6. The summed E-state index contributed by atoms with van der Waals surface area (Å²) in [5.74, 6) is -0.162. The number of aryl methyl sites for hydroxylation is 2. The summed E-state index contributed by atoms with van der Waals surface area (Å²) in [4.78, 5) is 24.5. The van der Waals surface area contributed by atoms with Crippen LogP contribution < -0.4 is 10.9 Å².